The number of rotatable bonds is 6. The summed E-state index contributed by atoms with van der Waals surface area (Å²) in [6.07, 6.45) is 3.26. The molecule has 0 aliphatic carbocycles. The normalized spacial score (nSPS) is 10.3. The number of hydrogen-bond donors (Lipinski definition) is 1. The number of ether oxygens (including phenoxy) is 1. The van der Waals surface area contributed by atoms with Crippen LogP contribution in [0.5, 0.6) is 5.75 Å². The van der Waals surface area contributed by atoms with Gasteiger partial charge in [0.2, 0.25) is 0 Å². The van der Waals surface area contributed by atoms with Crippen LogP contribution >= 0.6 is 0 Å². The molecule has 0 aromatic heterocycles. The SMILES string of the molecule is C=CCOc1ccc(C(=O)N/N=C/c2ccccc2)cc1. The summed E-state index contributed by atoms with van der Waals surface area (Å²) in [6.45, 7) is 4.01. The number of carbonyl (C=O) groups excluding carboxylic acids is 1. The van der Waals surface area contributed by atoms with Crippen molar-refractivity contribution >= 4 is 12.1 Å². The molecule has 0 bridgehead atoms. The summed E-state index contributed by atoms with van der Waals surface area (Å²) in [6, 6.07) is 16.4. The second-order valence-corrected chi connectivity index (χ2v) is 4.23. The molecule has 0 radical (unpaired) electrons. The van der Waals surface area contributed by atoms with E-state index in [0.29, 0.717) is 17.9 Å². The minimum absolute atomic E-state index is 0.266. The Morgan fingerprint density at radius 3 is 2.52 bits per heavy atom. The molecule has 1 amide bonds. The largest absolute Gasteiger partial charge is 0.490 e. The van der Waals surface area contributed by atoms with Gasteiger partial charge in [-0.05, 0) is 29.8 Å². The van der Waals surface area contributed by atoms with E-state index in [4.69, 9.17) is 4.74 Å². The van der Waals surface area contributed by atoms with E-state index in [2.05, 4.69) is 17.1 Å². The van der Waals surface area contributed by atoms with E-state index in [1.807, 2.05) is 30.3 Å². The number of nitrogens with one attached hydrogen (secondary N) is 1. The Morgan fingerprint density at radius 1 is 1.14 bits per heavy atom. The molecule has 0 fully saturated rings. The van der Waals surface area contributed by atoms with Crippen LogP contribution in [0.3, 0.4) is 0 Å². The number of carbonyl (C=O) groups is 1. The van der Waals surface area contributed by atoms with Crippen LogP contribution in [0.2, 0.25) is 0 Å². The van der Waals surface area contributed by atoms with Crippen LogP contribution in [0.4, 0.5) is 0 Å². The molecule has 0 aliphatic heterocycles. The molecule has 0 atom stereocenters. The Hall–Kier alpha value is -2.88. The van der Waals surface area contributed by atoms with Gasteiger partial charge in [0.05, 0.1) is 6.21 Å². The molecule has 0 heterocycles. The van der Waals surface area contributed by atoms with Gasteiger partial charge < -0.3 is 4.74 Å². The summed E-state index contributed by atoms with van der Waals surface area (Å²) in [5.41, 5.74) is 3.93. The van der Waals surface area contributed by atoms with Crippen LogP contribution in [0.25, 0.3) is 0 Å². The van der Waals surface area contributed by atoms with Gasteiger partial charge in [0.1, 0.15) is 12.4 Å². The first-order chi connectivity index (χ1) is 10.3. The topological polar surface area (TPSA) is 50.7 Å². The van der Waals surface area contributed by atoms with Crippen LogP contribution < -0.4 is 10.2 Å². The molecule has 2 rings (SSSR count). The van der Waals surface area contributed by atoms with E-state index in [1.54, 1.807) is 36.6 Å². The van der Waals surface area contributed by atoms with E-state index in [-0.39, 0.29) is 5.91 Å². The van der Waals surface area contributed by atoms with Crippen molar-refractivity contribution in [2.24, 2.45) is 5.10 Å². The molecule has 0 aliphatic rings. The second-order valence-electron chi connectivity index (χ2n) is 4.23. The predicted octanol–water partition coefficient (Wildman–Crippen LogP) is 3.02. The van der Waals surface area contributed by atoms with E-state index in [1.165, 1.54) is 0 Å². The van der Waals surface area contributed by atoms with Gasteiger partial charge in [0.15, 0.2) is 0 Å². The highest BCUT2D eigenvalue weighted by Gasteiger charge is 2.03. The predicted molar refractivity (Wildman–Crippen MR) is 83.6 cm³/mol. The number of hydrazone groups is 1. The van der Waals surface area contributed by atoms with Crippen molar-refractivity contribution < 1.29 is 9.53 Å². The van der Waals surface area contributed by atoms with E-state index >= 15 is 0 Å². The molecular weight excluding hydrogens is 264 g/mol. The van der Waals surface area contributed by atoms with Gasteiger partial charge in [0, 0.05) is 5.56 Å². The first-order valence-electron chi connectivity index (χ1n) is 6.52. The molecule has 106 valence electrons. The Kier molecular flexibility index (Phi) is 5.29. The fourth-order valence-electron chi connectivity index (χ4n) is 1.63. The standard InChI is InChI=1S/C17H16N2O2/c1-2-12-21-16-10-8-15(9-11-16)17(20)19-18-13-14-6-4-3-5-7-14/h2-11,13H,1,12H2,(H,19,20)/b18-13+. The van der Waals surface area contributed by atoms with Crippen LogP contribution in [0.15, 0.2) is 72.4 Å². The van der Waals surface area contributed by atoms with Crippen molar-refractivity contribution in [3.63, 3.8) is 0 Å². The maximum Gasteiger partial charge on any atom is 0.271 e. The fourth-order valence-corrected chi connectivity index (χ4v) is 1.63. The minimum Gasteiger partial charge on any atom is -0.490 e. The summed E-state index contributed by atoms with van der Waals surface area (Å²) < 4.78 is 5.35. The van der Waals surface area contributed by atoms with Crippen molar-refractivity contribution in [1.82, 2.24) is 5.43 Å². The lowest BCUT2D eigenvalue weighted by Crippen LogP contribution is -2.17. The maximum absolute atomic E-state index is 11.9. The molecule has 0 saturated heterocycles. The zero-order chi connectivity index (χ0) is 14.9. The third-order valence-electron chi connectivity index (χ3n) is 2.66. The van der Waals surface area contributed by atoms with Gasteiger partial charge in [0.25, 0.3) is 5.91 Å². The number of benzene rings is 2. The number of nitrogens with zero attached hydrogens (tertiary/aromatic N) is 1. The molecule has 2 aromatic rings. The van der Waals surface area contributed by atoms with Gasteiger partial charge in [-0.2, -0.15) is 5.10 Å². The molecule has 0 unspecified atom stereocenters. The molecule has 0 saturated carbocycles. The first kappa shape index (κ1) is 14.5. The quantitative estimate of drug-likeness (QED) is 0.502. The molecule has 4 nitrogen and oxygen atoms in total. The van der Waals surface area contributed by atoms with Crippen molar-refractivity contribution in [2.45, 2.75) is 0 Å². The molecule has 1 N–H and O–H groups in total. The average Bonchev–Trinajstić information content (AvgIpc) is 2.54. The highest BCUT2D eigenvalue weighted by molar-refractivity contribution is 5.94. The van der Waals surface area contributed by atoms with E-state index < -0.39 is 0 Å². The zero-order valence-corrected chi connectivity index (χ0v) is 11.5. The Balaban J connectivity index is 1.91. The lowest BCUT2D eigenvalue weighted by Gasteiger charge is -2.04. The average molecular weight is 280 g/mol. The summed E-state index contributed by atoms with van der Waals surface area (Å²) in [5, 5.41) is 3.92. The molecule has 21 heavy (non-hydrogen) atoms. The number of hydrogen-bond acceptors (Lipinski definition) is 3. The molecule has 4 heteroatoms. The lowest BCUT2D eigenvalue weighted by molar-refractivity contribution is 0.0955. The van der Waals surface area contributed by atoms with Crippen LogP contribution in [-0.4, -0.2) is 18.7 Å². The smallest absolute Gasteiger partial charge is 0.271 e. The first-order valence-corrected chi connectivity index (χ1v) is 6.52. The highest BCUT2D eigenvalue weighted by Crippen LogP contribution is 2.12. The van der Waals surface area contributed by atoms with E-state index in [0.717, 1.165) is 5.56 Å². The third-order valence-corrected chi connectivity index (χ3v) is 2.66. The Bertz CT molecular complexity index is 619. The monoisotopic (exact) mass is 280 g/mol. The van der Waals surface area contributed by atoms with E-state index in [9.17, 15) is 4.79 Å². The van der Waals surface area contributed by atoms with Crippen LogP contribution in [0.1, 0.15) is 15.9 Å². The van der Waals surface area contributed by atoms with Gasteiger partial charge in [-0.1, -0.05) is 43.0 Å². The number of amides is 1. The fraction of sp³-hybridized carbons (Fsp3) is 0.0588. The second kappa shape index (κ2) is 7.65. The van der Waals surface area contributed by atoms with Gasteiger partial charge in [-0.15, -0.1) is 0 Å². The summed E-state index contributed by atoms with van der Waals surface area (Å²) >= 11 is 0. The summed E-state index contributed by atoms with van der Waals surface area (Å²) in [4.78, 5) is 11.9. The molecular formula is C17H16N2O2. The van der Waals surface area contributed by atoms with Crippen molar-refractivity contribution in [3.8, 4) is 5.75 Å². The lowest BCUT2D eigenvalue weighted by atomic mass is 10.2. The van der Waals surface area contributed by atoms with Crippen LogP contribution in [-0.2, 0) is 0 Å². The Labute approximate surface area is 123 Å². The van der Waals surface area contributed by atoms with Crippen LogP contribution in [0, 0.1) is 0 Å². The van der Waals surface area contributed by atoms with Crippen molar-refractivity contribution in [2.75, 3.05) is 6.61 Å². The third kappa shape index (κ3) is 4.62. The van der Waals surface area contributed by atoms with Gasteiger partial charge in [-0.25, -0.2) is 5.43 Å². The molecule has 2 aromatic carbocycles. The molecule has 0 spiro atoms. The van der Waals surface area contributed by atoms with Gasteiger partial charge in [-0.3, -0.25) is 4.79 Å². The zero-order valence-electron chi connectivity index (χ0n) is 11.5. The Morgan fingerprint density at radius 2 is 1.86 bits per heavy atom. The maximum atomic E-state index is 11.9. The summed E-state index contributed by atoms with van der Waals surface area (Å²) in [5.74, 6) is 0.427. The van der Waals surface area contributed by atoms with Gasteiger partial charge >= 0.3 is 0 Å². The van der Waals surface area contributed by atoms with Crippen molar-refractivity contribution in [1.29, 1.82) is 0 Å². The van der Waals surface area contributed by atoms with Crippen molar-refractivity contribution in [3.05, 3.63) is 78.4 Å². The highest BCUT2D eigenvalue weighted by atomic mass is 16.5. The minimum atomic E-state index is -0.266. The summed E-state index contributed by atoms with van der Waals surface area (Å²) in [7, 11) is 0.